The highest BCUT2D eigenvalue weighted by Crippen LogP contribution is 2.31. The number of thioether (sulfide) groups is 1. The lowest BCUT2D eigenvalue weighted by atomic mass is 10.1. The maximum Gasteiger partial charge on any atom is 0.316 e. The van der Waals surface area contributed by atoms with Gasteiger partial charge in [0, 0.05) is 16.3 Å². The summed E-state index contributed by atoms with van der Waals surface area (Å²) in [5.74, 6) is -0.433. The standard InChI is InChI=1S/C20H19FN2O2S/c1-20(2,3)25-17(24)12-26-19-16-7-5-4-6-15(16)18(22-23-19)13-8-10-14(21)11-9-13/h4-11H,12H2,1-3H3. The number of ether oxygens (including phenoxy) is 1. The number of rotatable bonds is 4. The fourth-order valence-corrected chi connectivity index (χ4v) is 3.25. The largest absolute Gasteiger partial charge is 0.459 e. The first-order valence-corrected chi connectivity index (χ1v) is 9.18. The Balaban J connectivity index is 1.91. The molecule has 0 spiro atoms. The Hall–Kier alpha value is -2.47. The van der Waals surface area contributed by atoms with Gasteiger partial charge in [-0.25, -0.2) is 4.39 Å². The molecule has 134 valence electrons. The van der Waals surface area contributed by atoms with E-state index in [1.807, 2.05) is 45.0 Å². The van der Waals surface area contributed by atoms with Gasteiger partial charge in [-0.1, -0.05) is 36.0 Å². The van der Waals surface area contributed by atoms with Crippen LogP contribution in [0.1, 0.15) is 20.8 Å². The minimum absolute atomic E-state index is 0.159. The van der Waals surface area contributed by atoms with Crippen LogP contribution in [0.2, 0.25) is 0 Å². The molecule has 0 amide bonds. The summed E-state index contributed by atoms with van der Waals surface area (Å²) in [6.45, 7) is 5.51. The molecule has 0 aliphatic rings. The highest BCUT2D eigenvalue weighted by molar-refractivity contribution is 8.00. The van der Waals surface area contributed by atoms with Crippen LogP contribution in [0.15, 0.2) is 53.6 Å². The summed E-state index contributed by atoms with van der Waals surface area (Å²) in [6, 6.07) is 13.9. The van der Waals surface area contributed by atoms with Gasteiger partial charge in [-0.05, 0) is 45.0 Å². The second-order valence-corrected chi connectivity index (χ2v) is 7.75. The van der Waals surface area contributed by atoms with E-state index in [0.29, 0.717) is 10.7 Å². The van der Waals surface area contributed by atoms with Crippen LogP contribution in [-0.4, -0.2) is 27.5 Å². The molecule has 4 nitrogen and oxygen atoms in total. The van der Waals surface area contributed by atoms with E-state index in [-0.39, 0.29) is 17.5 Å². The van der Waals surface area contributed by atoms with Crippen LogP contribution in [0.25, 0.3) is 22.0 Å². The van der Waals surface area contributed by atoms with Gasteiger partial charge in [0.15, 0.2) is 0 Å². The third kappa shape index (κ3) is 4.38. The first kappa shape index (κ1) is 18.3. The number of carbonyl (C=O) groups is 1. The molecule has 1 aromatic heterocycles. The number of aromatic nitrogens is 2. The van der Waals surface area contributed by atoms with Gasteiger partial charge >= 0.3 is 5.97 Å². The fourth-order valence-electron chi connectivity index (χ4n) is 2.51. The van der Waals surface area contributed by atoms with Crippen molar-refractivity contribution in [1.29, 1.82) is 0 Å². The second kappa shape index (κ2) is 7.41. The number of hydrogen-bond donors (Lipinski definition) is 0. The third-order valence-electron chi connectivity index (χ3n) is 3.52. The molecule has 0 saturated heterocycles. The van der Waals surface area contributed by atoms with E-state index in [1.165, 1.54) is 23.9 Å². The van der Waals surface area contributed by atoms with Crippen LogP contribution in [0.4, 0.5) is 4.39 Å². The van der Waals surface area contributed by atoms with Crippen molar-refractivity contribution in [2.45, 2.75) is 31.4 Å². The number of carbonyl (C=O) groups excluding carboxylic acids is 1. The van der Waals surface area contributed by atoms with E-state index in [2.05, 4.69) is 10.2 Å². The summed E-state index contributed by atoms with van der Waals surface area (Å²) in [4.78, 5) is 12.0. The lowest BCUT2D eigenvalue weighted by molar-refractivity contribution is -0.151. The molecule has 0 radical (unpaired) electrons. The summed E-state index contributed by atoms with van der Waals surface area (Å²) in [7, 11) is 0. The molecule has 3 rings (SSSR count). The summed E-state index contributed by atoms with van der Waals surface area (Å²) in [5, 5.41) is 11.1. The normalized spacial score (nSPS) is 11.5. The van der Waals surface area contributed by atoms with Crippen LogP contribution < -0.4 is 0 Å². The molecule has 0 N–H and O–H groups in total. The van der Waals surface area contributed by atoms with Gasteiger partial charge in [-0.15, -0.1) is 10.2 Å². The van der Waals surface area contributed by atoms with Gasteiger partial charge in [0.1, 0.15) is 22.1 Å². The highest BCUT2D eigenvalue weighted by atomic mass is 32.2. The molecule has 6 heteroatoms. The number of benzene rings is 2. The number of fused-ring (bicyclic) bond motifs is 1. The molecule has 26 heavy (non-hydrogen) atoms. The molecule has 0 bridgehead atoms. The Kier molecular flexibility index (Phi) is 5.23. The average molecular weight is 370 g/mol. The minimum atomic E-state index is -0.516. The molecule has 0 saturated carbocycles. The van der Waals surface area contributed by atoms with E-state index < -0.39 is 5.60 Å². The maximum absolute atomic E-state index is 13.2. The van der Waals surface area contributed by atoms with Crippen molar-refractivity contribution in [2.24, 2.45) is 0 Å². The minimum Gasteiger partial charge on any atom is -0.459 e. The zero-order valence-corrected chi connectivity index (χ0v) is 15.6. The smallest absolute Gasteiger partial charge is 0.316 e. The monoisotopic (exact) mass is 370 g/mol. The number of halogens is 1. The Morgan fingerprint density at radius 2 is 1.69 bits per heavy atom. The van der Waals surface area contributed by atoms with Crippen molar-refractivity contribution in [1.82, 2.24) is 10.2 Å². The first-order chi connectivity index (χ1) is 12.3. The number of esters is 1. The molecule has 2 aromatic carbocycles. The lowest BCUT2D eigenvalue weighted by Gasteiger charge is -2.19. The van der Waals surface area contributed by atoms with E-state index in [9.17, 15) is 9.18 Å². The van der Waals surface area contributed by atoms with Crippen molar-refractivity contribution >= 4 is 28.5 Å². The topological polar surface area (TPSA) is 52.1 Å². The van der Waals surface area contributed by atoms with Gasteiger partial charge in [0.05, 0.1) is 5.75 Å². The van der Waals surface area contributed by atoms with Gasteiger partial charge in [-0.3, -0.25) is 4.79 Å². The molecular formula is C20H19FN2O2S. The quantitative estimate of drug-likeness (QED) is 0.484. The molecular weight excluding hydrogens is 351 g/mol. The third-order valence-corrected chi connectivity index (χ3v) is 4.47. The van der Waals surface area contributed by atoms with Crippen molar-refractivity contribution < 1.29 is 13.9 Å². The molecule has 0 aliphatic heterocycles. The van der Waals surface area contributed by atoms with Gasteiger partial charge in [0.2, 0.25) is 0 Å². The Bertz CT molecular complexity index is 937. The molecule has 0 fully saturated rings. The van der Waals surface area contributed by atoms with Crippen LogP contribution in [0, 0.1) is 5.82 Å². The first-order valence-electron chi connectivity index (χ1n) is 8.19. The van der Waals surface area contributed by atoms with Crippen molar-refractivity contribution in [3.8, 4) is 11.3 Å². The van der Waals surface area contributed by atoms with Crippen LogP contribution in [0.5, 0.6) is 0 Å². The van der Waals surface area contributed by atoms with Crippen molar-refractivity contribution in [3.05, 3.63) is 54.3 Å². The van der Waals surface area contributed by atoms with Crippen LogP contribution in [-0.2, 0) is 9.53 Å². The molecule has 1 heterocycles. The Morgan fingerprint density at radius 3 is 2.35 bits per heavy atom. The van der Waals surface area contributed by atoms with Gasteiger partial charge in [-0.2, -0.15) is 0 Å². The fraction of sp³-hybridized carbons (Fsp3) is 0.250. The SMILES string of the molecule is CC(C)(C)OC(=O)CSc1nnc(-c2ccc(F)cc2)c2ccccc12. The second-order valence-electron chi connectivity index (χ2n) is 6.78. The van der Waals surface area contributed by atoms with E-state index in [4.69, 9.17) is 4.74 Å². The van der Waals surface area contributed by atoms with Crippen LogP contribution in [0.3, 0.4) is 0 Å². The zero-order chi connectivity index (χ0) is 18.7. The summed E-state index contributed by atoms with van der Waals surface area (Å²) in [5.41, 5.74) is 0.957. The van der Waals surface area contributed by atoms with Gasteiger partial charge in [0.25, 0.3) is 0 Å². The highest BCUT2D eigenvalue weighted by Gasteiger charge is 2.18. The predicted molar refractivity (Wildman–Crippen MR) is 102 cm³/mol. The Labute approximate surface area is 155 Å². The van der Waals surface area contributed by atoms with Crippen molar-refractivity contribution in [3.63, 3.8) is 0 Å². The summed E-state index contributed by atoms with van der Waals surface area (Å²) < 4.78 is 18.5. The predicted octanol–water partition coefficient (Wildman–Crippen LogP) is 4.87. The van der Waals surface area contributed by atoms with Gasteiger partial charge < -0.3 is 4.74 Å². The molecule has 0 atom stereocenters. The Morgan fingerprint density at radius 1 is 1.04 bits per heavy atom. The molecule has 0 aliphatic carbocycles. The molecule has 3 aromatic rings. The van der Waals surface area contributed by atoms with Crippen LogP contribution >= 0.6 is 11.8 Å². The zero-order valence-electron chi connectivity index (χ0n) is 14.8. The van der Waals surface area contributed by atoms with Crippen molar-refractivity contribution in [2.75, 3.05) is 5.75 Å². The number of nitrogens with zero attached hydrogens (tertiary/aromatic N) is 2. The summed E-state index contributed by atoms with van der Waals surface area (Å²) >= 11 is 1.30. The van der Waals surface area contributed by atoms with E-state index in [0.717, 1.165) is 16.3 Å². The molecule has 0 unspecified atom stereocenters. The number of hydrogen-bond acceptors (Lipinski definition) is 5. The average Bonchev–Trinajstić information content (AvgIpc) is 2.59. The lowest BCUT2D eigenvalue weighted by Crippen LogP contribution is -2.24. The van der Waals surface area contributed by atoms with E-state index in [1.54, 1.807) is 12.1 Å². The van der Waals surface area contributed by atoms with E-state index >= 15 is 0 Å². The summed E-state index contributed by atoms with van der Waals surface area (Å²) in [6.07, 6.45) is 0. The maximum atomic E-state index is 13.2.